The summed E-state index contributed by atoms with van der Waals surface area (Å²) in [6.07, 6.45) is 0. The second-order valence-corrected chi connectivity index (χ2v) is 5.64. The first-order valence-corrected chi connectivity index (χ1v) is 7.87. The first-order chi connectivity index (χ1) is 12.5. The highest BCUT2D eigenvalue weighted by Gasteiger charge is 2.16. The Labute approximate surface area is 152 Å². The summed E-state index contributed by atoms with van der Waals surface area (Å²) in [6, 6.07) is 14.7. The Balaban J connectivity index is 1.94. The Hall–Kier alpha value is -2.93. The number of para-hydroxylation sites is 1. The molecule has 0 aliphatic heterocycles. The lowest BCUT2D eigenvalue weighted by Crippen LogP contribution is -2.16. The molecule has 0 fully saturated rings. The Kier molecular flexibility index (Phi) is 5.18. The summed E-state index contributed by atoms with van der Waals surface area (Å²) in [4.78, 5) is 11.4. The van der Waals surface area contributed by atoms with Gasteiger partial charge in [-0.2, -0.15) is 8.78 Å². The van der Waals surface area contributed by atoms with E-state index in [9.17, 15) is 13.6 Å². The van der Waals surface area contributed by atoms with Gasteiger partial charge in [0.05, 0.1) is 5.69 Å². The van der Waals surface area contributed by atoms with Gasteiger partial charge in [0.1, 0.15) is 11.4 Å². The molecule has 8 heteroatoms. The monoisotopic (exact) mass is 378 g/mol. The predicted molar refractivity (Wildman–Crippen MR) is 93.0 cm³/mol. The fourth-order valence-electron chi connectivity index (χ4n) is 2.38. The number of nitrogens with zero attached hydrogens (tertiary/aromatic N) is 2. The molecule has 2 aromatic carbocycles. The van der Waals surface area contributed by atoms with Gasteiger partial charge in [-0.25, -0.2) is 4.42 Å². The maximum atomic E-state index is 12.6. The van der Waals surface area contributed by atoms with E-state index in [-0.39, 0.29) is 11.7 Å². The fourth-order valence-corrected chi connectivity index (χ4v) is 2.48. The highest BCUT2D eigenvalue weighted by Crippen LogP contribution is 2.34. The smallest absolute Gasteiger partial charge is 0.387 e. The molecule has 0 aliphatic rings. The predicted octanol–water partition coefficient (Wildman–Crippen LogP) is 5.12. The van der Waals surface area contributed by atoms with Gasteiger partial charge < -0.3 is 9.26 Å². The van der Waals surface area contributed by atoms with Gasteiger partial charge in [0.25, 0.3) is 0 Å². The summed E-state index contributed by atoms with van der Waals surface area (Å²) in [5.41, 5.74) is 1.81. The molecule has 0 saturated heterocycles. The van der Waals surface area contributed by atoms with Gasteiger partial charge in [0.2, 0.25) is 5.91 Å². The summed E-state index contributed by atoms with van der Waals surface area (Å²) in [5, 5.41) is 3.93. The van der Waals surface area contributed by atoms with Crippen LogP contribution < -0.4 is 9.16 Å². The Morgan fingerprint density at radius 3 is 2.69 bits per heavy atom. The number of alkyl halides is 2. The SMILES string of the molecule is CC(=O)N(Cl)c1cccc(-c2cc(-c3ccccc3OC(F)F)no2)c1. The van der Waals surface area contributed by atoms with Crippen LogP contribution in [-0.4, -0.2) is 17.7 Å². The lowest BCUT2D eigenvalue weighted by atomic mass is 10.1. The minimum Gasteiger partial charge on any atom is -0.434 e. The van der Waals surface area contributed by atoms with Crippen molar-refractivity contribution in [1.82, 2.24) is 5.16 Å². The van der Waals surface area contributed by atoms with E-state index in [0.29, 0.717) is 28.3 Å². The number of carbonyl (C=O) groups is 1. The van der Waals surface area contributed by atoms with Crippen LogP contribution >= 0.6 is 11.8 Å². The lowest BCUT2D eigenvalue weighted by molar-refractivity contribution is -0.115. The van der Waals surface area contributed by atoms with Crippen LogP contribution in [0, 0.1) is 0 Å². The van der Waals surface area contributed by atoms with Crippen LogP contribution in [0.15, 0.2) is 59.1 Å². The van der Waals surface area contributed by atoms with E-state index in [1.807, 2.05) is 0 Å². The van der Waals surface area contributed by atoms with Crippen LogP contribution in [0.4, 0.5) is 14.5 Å². The number of anilines is 1. The summed E-state index contributed by atoms with van der Waals surface area (Å²) >= 11 is 5.92. The molecule has 0 spiro atoms. The molecule has 1 heterocycles. The Morgan fingerprint density at radius 1 is 1.19 bits per heavy atom. The molecule has 1 aromatic heterocycles. The molecule has 0 unspecified atom stereocenters. The molecule has 0 N–H and O–H groups in total. The third kappa shape index (κ3) is 3.83. The first-order valence-electron chi connectivity index (χ1n) is 7.53. The molecule has 26 heavy (non-hydrogen) atoms. The van der Waals surface area contributed by atoms with Crippen molar-refractivity contribution in [2.24, 2.45) is 0 Å². The molecule has 3 rings (SSSR count). The van der Waals surface area contributed by atoms with Gasteiger partial charge in [-0.1, -0.05) is 29.4 Å². The van der Waals surface area contributed by atoms with E-state index < -0.39 is 6.61 Å². The second kappa shape index (κ2) is 7.53. The van der Waals surface area contributed by atoms with Crippen molar-refractivity contribution < 1.29 is 22.8 Å². The molecule has 0 radical (unpaired) electrons. The molecular weight excluding hydrogens is 366 g/mol. The van der Waals surface area contributed by atoms with Crippen molar-refractivity contribution in [2.45, 2.75) is 13.5 Å². The molecule has 0 aliphatic carbocycles. The molecule has 1 amide bonds. The zero-order chi connectivity index (χ0) is 18.7. The molecule has 134 valence electrons. The summed E-state index contributed by atoms with van der Waals surface area (Å²) < 4.78 is 35.9. The number of benzene rings is 2. The number of halogens is 3. The summed E-state index contributed by atoms with van der Waals surface area (Å²) in [7, 11) is 0. The average Bonchev–Trinajstić information content (AvgIpc) is 3.11. The van der Waals surface area contributed by atoms with E-state index in [1.165, 1.54) is 13.0 Å². The van der Waals surface area contributed by atoms with E-state index in [0.717, 1.165) is 4.42 Å². The average molecular weight is 379 g/mol. The van der Waals surface area contributed by atoms with Gasteiger partial charge in [0.15, 0.2) is 5.76 Å². The Bertz CT molecular complexity index is 930. The lowest BCUT2D eigenvalue weighted by Gasteiger charge is -2.11. The number of aromatic nitrogens is 1. The molecule has 3 aromatic rings. The quantitative estimate of drug-likeness (QED) is 0.578. The van der Waals surface area contributed by atoms with Gasteiger partial charge in [0, 0.05) is 35.9 Å². The Morgan fingerprint density at radius 2 is 1.96 bits per heavy atom. The zero-order valence-electron chi connectivity index (χ0n) is 13.5. The highest BCUT2D eigenvalue weighted by atomic mass is 35.5. The third-order valence-electron chi connectivity index (χ3n) is 3.52. The number of ether oxygens (including phenoxy) is 1. The normalized spacial score (nSPS) is 10.8. The van der Waals surface area contributed by atoms with Crippen LogP contribution in [0.3, 0.4) is 0 Å². The van der Waals surface area contributed by atoms with Gasteiger partial charge in [-0.3, -0.25) is 4.79 Å². The van der Waals surface area contributed by atoms with Crippen LogP contribution in [0.2, 0.25) is 0 Å². The standard InChI is InChI=1S/C18H13ClF2N2O3/c1-11(24)23(19)13-6-4-5-12(9-13)17-10-15(22-26-17)14-7-2-3-8-16(14)25-18(20)21/h2-10,18H,1H3. The van der Waals surface area contributed by atoms with Gasteiger partial charge in [-0.15, -0.1) is 0 Å². The fraction of sp³-hybridized carbons (Fsp3) is 0.111. The minimum atomic E-state index is -2.94. The number of hydrogen-bond acceptors (Lipinski definition) is 4. The van der Waals surface area contributed by atoms with Crippen molar-refractivity contribution in [3.05, 3.63) is 54.6 Å². The highest BCUT2D eigenvalue weighted by molar-refractivity contribution is 6.36. The molecule has 5 nitrogen and oxygen atoms in total. The molecule has 0 saturated carbocycles. The number of rotatable bonds is 5. The summed E-state index contributed by atoms with van der Waals surface area (Å²) in [5.74, 6) is 0.0575. The molecule has 0 bridgehead atoms. The van der Waals surface area contributed by atoms with Crippen molar-refractivity contribution in [3.63, 3.8) is 0 Å². The maximum absolute atomic E-state index is 12.6. The van der Waals surface area contributed by atoms with Crippen molar-refractivity contribution in [3.8, 4) is 28.3 Å². The topological polar surface area (TPSA) is 55.6 Å². The number of amides is 1. The van der Waals surface area contributed by atoms with E-state index in [2.05, 4.69) is 9.89 Å². The first kappa shape index (κ1) is 17.9. The van der Waals surface area contributed by atoms with Crippen LogP contribution in [-0.2, 0) is 4.79 Å². The van der Waals surface area contributed by atoms with Crippen LogP contribution in [0.5, 0.6) is 5.75 Å². The molecular formula is C18H13ClF2N2O3. The van der Waals surface area contributed by atoms with Gasteiger partial charge in [-0.05, 0) is 24.3 Å². The number of hydrogen-bond donors (Lipinski definition) is 0. The van der Waals surface area contributed by atoms with Crippen molar-refractivity contribution >= 4 is 23.4 Å². The van der Waals surface area contributed by atoms with Crippen molar-refractivity contribution in [1.29, 1.82) is 0 Å². The summed E-state index contributed by atoms with van der Waals surface area (Å²) in [6.45, 7) is -1.60. The maximum Gasteiger partial charge on any atom is 0.387 e. The van der Waals surface area contributed by atoms with Crippen LogP contribution in [0.1, 0.15) is 6.92 Å². The van der Waals surface area contributed by atoms with E-state index >= 15 is 0 Å². The molecule has 0 atom stereocenters. The zero-order valence-corrected chi connectivity index (χ0v) is 14.3. The van der Waals surface area contributed by atoms with E-state index in [4.69, 9.17) is 16.3 Å². The third-order valence-corrected chi connectivity index (χ3v) is 3.96. The minimum absolute atomic E-state index is 0.000358. The second-order valence-electron chi connectivity index (χ2n) is 5.30. The number of carbonyl (C=O) groups excluding carboxylic acids is 1. The van der Waals surface area contributed by atoms with Gasteiger partial charge >= 0.3 is 6.61 Å². The van der Waals surface area contributed by atoms with Crippen molar-refractivity contribution in [2.75, 3.05) is 4.42 Å². The van der Waals surface area contributed by atoms with Crippen LogP contribution in [0.25, 0.3) is 22.6 Å². The van der Waals surface area contributed by atoms with E-state index in [1.54, 1.807) is 48.5 Å². The largest absolute Gasteiger partial charge is 0.434 e.